The highest BCUT2D eigenvalue weighted by Crippen LogP contribution is 2.37. The van der Waals surface area contributed by atoms with Crippen molar-refractivity contribution in [1.82, 2.24) is 4.98 Å². The summed E-state index contributed by atoms with van der Waals surface area (Å²) in [5.74, 6) is 1.000. The summed E-state index contributed by atoms with van der Waals surface area (Å²) in [5, 5.41) is 14.7. The molecule has 2 aromatic heterocycles. The predicted octanol–water partition coefficient (Wildman–Crippen LogP) is 6.71. The smallest absolute Gasteiger partial charge is 0.238 e. The van der Waals surface area contributed by atoms with E-state index in [-0.39, 0.29) is 10.8 Å². The van der Waals surface area contributed by atoms with E-state index < -0.39 is 10.0 Å². The lowest BCUT2D eigenvalue weighted by Gasteiger charge is -2.21. The minimum Gasteiger partial charge on any atom is -0.354 e. The van der Waals surface area contributed by atoms with Gasteiger partial charge in [-0.3, -0.25) is 0 Å². The number of hydrogen-bond acceptors (Lipinski definition) is 6. The van der Waals surface area contributed by atoms with Crippen LogP contribution in [0.3, 0.4) is 0 Å². The summed E-state index contributed by atoms with van der Waals surface area (Å²) >= 11 is 1.67. The zero-order valence-electron chi connectivity index (χ0n) is 20.6. The number of aromatic nitrogens is 1. The number of fused-ring (bicyclic) bond motifs is 1. The fraction of sp³-hybridized carbons (Fsp3) is 0.138. The number of nitrogens with zero attached hydrogens (tertiary/aromatic N) is 1. The Balaban J connectivity index is 1.50. The van der Waals surface area contributed by atoms with Gasteiger partial charge in [0.25, 0.3) is 0 Å². The Morgan fingerprint density at radius 3 is 2.46 bits per heavy atom. The first-order valence-electron chi connectivity index (χ1n) is 12.0. The Bertz CT molecular complexity index is 1590. The summed E-state index contributed by atoms with van der Waals surface area (Å²) in [4.78, 5) is 5.76. The number of hydrogen-bond donors (Lipinski definition) is 3. The van der Waals surface area contributed by atoms with Crippen LogP contribution in [0.15, 0.2) is 95.4 Å². The summed E-state index contributed by atoms with van der Waals surface area (Å²) in [6, 6.07) is 20.8. The van der Waals surface area contributed by atoms with E-state index in [9.17, 15) is 8.42 Å². The molecule has 6 nitrogen and oxygen atoms in total. The minimum absolute atomic E-state index is 0.119. The highest BCUT2D eigenvalue weighted by Gasteiger charge is 2.19. The molecule has 0 saturated heterocycles. The summed E-state index contributed by atoms with van der Waals surface area (Å²) in [7, 11) is -3.83. The van der Waals surface area contributed by atoms with Crippen molar-refractivity contribution in [2.75, 3.05) is 10.6 Å². The first kappa shape index (κ1) is 25.0. The maximum atomic E-state index is 12.1. The maximum absolute atomic E-state index is 12.1. The molecule has 8 heteroatoms. The standard InChI is InChI=1S/C29H28N4O2S2/c1-3-20-16-25(22-11-9-21(10-12-22)23-6-4-5-7-27(23)37(30,34)35)32-24-14-15-36-29(24)26(17-20)33-28-13-8-19(2)18-31-28/h4-18,20,32H,3H2,1-2H3,(H,31,33)(H2,30,34,35). The Hall–Kier alpha value is -3.72. The predicted molar refractivity (Wildman–Crippen MR) is 154 cm³/mol. The Morgan fingerprint density at radius 1 is 1.00 bits per heavy atom. The number of rotatable bonds is 6. The third-order valence-corrected chi connectivity index (χ3v) is 8.20. The van der Waals surface area contributed by atoms with Crippen LogP contribution < -0.4 is 15.8 Å². The third-order valence-electron chi connectivity index (χ3n) is 6.29. The number of aryl methyl sites for hydroxylation is 1. The second-order valence-electron chi connectivity index (χ2n) is 8.99. The van der Waals surface area contributed by atoms with Crippen molar-refractivity contribution in [3.8, 4) is 11.1 Å². The van der Waals surface area contributed by atoms with Gasteiger partial charge in [0.15, 0.2) is 0 Å². The van der Waals surface area contributed by atoms with Gasteiger partial charge in [0.1, 0.15) is 5.82 Å². The van der Waals surface area contributed by atoms with E-state index in [2.05, 4.69) is 46.1 Å². The minimum atomic E-state index is -3.83. The molecule has 1 aliphatic heterocycles. The molecule has 1 atom stereocenters. The topological polar surface area (TPSA) is 97.1 Å². The lowest BCUT2D eigenvalue weighted by atomic mass is 9.97. The highest BCUT2D eigenvalue weighted by molar-refractivity contribution is 7.89. The van der Waals surface area contributed by atoms with Crippen LogP contribution in [0.2, 0.25) is 0 Å². The molecule has 0 radical (unpaired) electrons. The van der Waals surface area contributed by atoms with Gasteiger partial charge in [0.05, 0.1) is 21.2 Å². The van der Waals surface area contributed by atoms with Crippen LogP contribution in [0, 0.1) is 12.8 Å². The van der Waals surface area contributed by atoms with Gasteiger partial charge in [0, 0.05) is 17.5 Å². The van der Waals surface area contributed by atoms with Crippen LogP contribution in [-0.2, 0) is 10.0 Å². The molecule has 4 N–H and O–H groups in total. The summed E-state index contributed by atoms with van der Waals surface area (Å²) in [6.45, 7) is 4.19. The maximum Gasteiger partial charge on any atom is 0.238 e. The molecule has 0 fully saturated rings. The van der Waals surface area contributed by atoms with Crippen molar-refractivity contribution in [3.63, 3.8) is 0 Å². The van der Waals surface area contributed by atoms with Crippen molar-refractivity contribution in [1.29, 1.82) is 0 Å². The van der Waals surface area contributed by atoms with Crippen molar-refractivity contribution in [3.05, 3.63) is 106 Å². The average molecular weight is 529 g/mol. The van der Waals surface area contributed by atoms with Crippen molar-refractivity contribution in [2.45, 2.75) is 25.2 Å². The zero-order valence-corrected chi connectivity index (χ0v) is 22.2. The van der Waals surface area contributed by atoms with E-state index in [1.54, 1.807) is 23.5 Å². The molecule has 0 amide bonds. The molecule has 1 aliphatic rings. The summed E-state index contributed by atoms with van der Waals surface area (Å²) in [5.41, 5.74) is 6.56. The molecule has 0 saturated carbocycles. The van der Waals surface area contributed by atoms with Crippen molar-refractivity contribution >= 4 is 44.3 Å². The number of allylic oxidation sites excluding steroid dienone is 2. The van der Waals surface area contributed by atoms with Gasteiger partial charge in [-0.2, -0.15) is 0 Å². The van der Waals surface area contributed by atoms with Crippen LogP contribution in [0.4, 0.5) is 11.5 Å². The molecule has 3 heterocycles. The van der Waals surface area contributed by atoms with E-state index in [0.717, 1.165) is 50.9 Å². The number of anilines is 2. The average Bonchev–Trinajstić information content (AvgIpc) is 3.34. The van der Waals surface area contributed by atoms with E-state index >= 15 is 0 Å². The molecule has 2 aromatic carbocycles. The largest absolute Gasteiger partial charge is 0.354 e. The molecular formula is C29H28N4O2S2. The Kier molecular flexibility index (Phi) is 6.97. The van der Waals surface area contributed by atoms with Gasteiger partial charge >= 0.3 is 0 Å². The van der Waals surface area contributed by atoms with Gasteiger partial charge in [0.2, 0.25) is 10.0 Å². The monoisotopic (exact) mass is 528 g/mol. The number of thiophene rings is 1. The highest BCUT2D eigenvalue weighted by atomic mass is 32.2. The molecule has 37 heavy (non-hydrogen) atoms. The van der Waals surface area contributed by atoms with Crippen LogP contribution in [-0.4, -0.2) is 13.4 Å². The normalized spacial score (nSPS) is 15.5. The summed E-state index contributed by atoms with van der Waals surface area (Å²) in [6.07, 6.45) is 7.28. The molecule has 0 bridgehead atoms. The van der Waals surface area contributed by atoms with Crippen LogP contribution in [0.5, 0.6) is 0 Å². The first-order valence-corrected chi connectivity index (χ1v) is 14.5. The number of nitrogens with one attached hydrogen (secondary N) is 2. The molecular weight excluding hydrogens is 500 g/mol. The number of primary sulfonamides is 1. The number of nitrogens with two attached hydrogens (primary N) is 1. The third kappa shape index (κ3) is 5.51. The van der Waals surface area contributed by atoms with Gasteiger partial charge in [-0.1, -0.05) is 67.6 Å². The molecule has 0 aliphatic carbocycles. The number of sulfonamides is 1. The van der Waals surface area contributed by atoms with Gasteiger partial charge in [-0.25, -0.2) is 18.5 Å². The molecule has 4 aromatic rings. The SMILES string of the molecule is CCC1C=C(c2ccc(-c3ccccc3S(N)(=O)=O)cc2)Nc2ccsc2C(Nc2ccc(C)cn2)=C1. The van der Waals surface area contributed by atoms with Gasteiger partial charge in [-0.15, -0.1) is 11.3 Å². The second-order valence-corrected chi connectivity index (χ2v) is 11.4. The fourth-order valence-electron chi connectivity index (χ4n) is 4.32. The van der Waals surface area contributed by atoms with Crippen LogP contribution >= 0.6 is 11.3 Å². The number of pyridine rings is 1. The molecule has 0 spiro atoms. The van der Waals surface area contributed by atoms with Gasteiger partial charge < -0.3 is 10.6 Å². The molecule has 1 unspecified atom stereocenters. The quantitative estimate of drug-likeness (QED) is 0.258. The molecule has 188 valence electrons. The Morgan fingerprint density at radius 2 is 1.76 bits per heavy atom. The lowest BCUT2D eigenvalue weighted by molar-refractivity contribution is 0.598. The van der Waals surface area contributed by atoms with Crippen molar-refractivity contribution < 1.29 is 8.42 Å². The first-order chi connectivity index (χ1) is 17.8. The van der Waals surface area contributed by atoms with E-state index in [4.69, 9.17) is 5.14 Å². The summed E-state index contributed by atoms with van der Waals surface area (Å²) < 4.78 is 24.1. The zero-order chi connectivity index (χ0) is 26.0. The van der Waals surface area contributed by atoms with E-state index in [0.29, 0.717) is 5.56 Å². The van der Waals surface area contributed by atoms with Gasteiger partial charge in [-0.05, 0) is 59.5 Å². The Labute approximate surface area is 221 Å². The van der Waals surface area contributed by atoms with Crippen LogP contribution in [0.1, 0.15) is 29.3 Å². The molecule has 5 rings (SSSR count). The van der Waals surface area contributed by atoms with Crippen molar-refractivity contribution in [2.24, 2.45) is 11.1 Å². The number of benzene rings is 2. The second kappa shape index (κ2) is 10.3. The lowest BCUT2D eigenvalue weighted by Crippen LogP contribution is -2.13. The fourth-order valence-corrected chi connectivity index (χ4v) is 5.91. The van der Waals surface area contributed by atoms with E-state index in [1.165, 1.54) is 6.07 Å². The van der Waals surface area contributed by atoms with E-state index in [1.807, 2.05) is 55.6 Å². The van der Waals surface area contributed by atoms with Crippen LogP contribution in [0.25, 0.3) is 22.5 Å².